The van der Waals surface area contributed by atoms with Gasteiger partial charge in [-0.3, -0.25) is 19.2 Å². The molecule has 4 aliphatic rings. The molecule has 12 heteroatoms. The maximum atomic E-state index is 14.6. The fourth-order valence-electron chi connectivity index (χ4n) is 7.46. The van der Waals surface area contributed by atoms with Crippen molar-refractivity contribution in [2.45, 2.75) is 68.9 Å². The molecule has 3 aliphatic carbocycles. The molecular weight excluding hydrogens is 586 g/mol. The summed E-state index contributed by atoms with van der Waals surface area (Å²) in [6.07, 6.45) is -2.01. The van der Waals surface area contributed by atoms with Crippen molar-refractivity contribution in [3.63, 3.8) is 0 Å². The zero-order chi connectivity index (χ0) is 32.5. The lowest BCUT2D eigenvalue weighted by Gasteiger charge is -2.47. The summed E-state index contributed by atoms with van der Waals surface area (Å²) in [6, 6.07) is 4.24. The van der Waals surface area contributed by atoms with E-state index in [1.165, 1.54) is 33.5 Å². The Kier molecular flexibility index (Phi) is 7.61. The summed E-state index contributed by atoms with van der Waals surface area (Å²) in [5.41, 5.74) is -0.641. The van der Waals surface area contributed by atoms with E-state index < -0.39 is 71.3 Å². The summed E-state index contributed by atoms with van der Waals surface area (Å²) in [7, 11) is 4.12. The Balaban J connectivity index is 1.57. The molecule has 0 aromatic heterocycles. The van der Waals surface area contributed by atoms with Gasteiger partial charge in [-0.2, -0.15) is 0 Å². The van der Waals surface area contributed by atoms with E-state index in [-0.39, 0.29) is 51.9 Å². The number of aromatic carboxylic acids is 1. The Labute approximate surface area is 258 Å². The van der Waals surface area contributed by atoms with Gasteiger partial charge >= 0.3 is 5.97 Å². The van der Waals surface area contributed by atoms with Crippen LogP contribution >= 0.6 is 0 Å². The number of fused-ring (bicyclic) bond motifs is 5. The molecule has 3 N–H and O–H groups in total. The van der Waals surface area contributed by atoms with E-state index in [0.29, 0.717) is 11.1 Å². The van der Waals surface area contributed by atoms with Crippen LogP contribution in [0.3, 0.4) is 0 Å². The third-order valence-corrected chi connectivity index (χ3v) is 9.61. The summed E-state index contributed by atoms with van der Waals surface area (Å²) >= 11 is 0. The van der Waals surface area contributed by atoms with Crippen LogP contribution in [0.1, 0.15) is 87.7 Å². The summed E-state index contributed by atoms with van der Waals surface area (Å²) in [6.45, 7) is 3.33. The molecule has 236 valence electrons. The third kappa shape index (κ3) is 4.43. The standard InChI is InChI=1S/C33H33NO11/c1-13-10-15-8-9-33(44-5)24(26(37)18-11-16-17(12-19(18)30(33)39)21(36)7-6-20(16)35)23(15)25(22(13)32(40)41)34-31-29(43-4)27(38)28(42-3)14(2)45-31/h6-7,10-12,14,24,27-29,31,34,38H,8-9H2,1-5H3,(H,40,41)/t14-,24?,27+,28-,29+,31-,33?/m0/s1. The van der Waals surface area contributed by atoms with Gasteiger partial charge < -0.3 is 34.5 Å². The number of carbonyl (C=O) groups is 5. The van der Waals surface area contributed by atoms with E-state index >= 15 is 0 Å². The Morgan fingerprint density at radius 1 is 0.956 bits per heavy atom. The van der Waals surface area contributed by atoms with Crippen LogP contribution in [-0.2, 0) is 25.4 Å². The van der Waals surface area contributed by atoms with Crippen LogP contribution in [0.2, 0.25) is 0 Å². The second kappa shape index (κ2) is 11.1. The molecule has 2 aromatic rings. The molecule has 2 aromatic carbocycles. The predicted octanol–water partition coefficient (Wildman–Crippen LogP) is 2.67. The number of carboxylic acids is 1. The van der Waals surface area contributed by atoms with Gasteiger partial charge in [0.25, 0.3) is 0 Å². The highest BCUT2D eigenvalue weighted by Crippen LogP contribution is 2.52. The molecule has 0 radical (unpaired) electrons. The minimum atomic E-state index is -1.73. The van der Waals surface area contributed by atoms with Crippen LogP contribution in [0.5, 0.6) is 0 Å². The molecular formula is C33H33NO11. The van der Waals surface area contributed by atoms with E-state index in [0.717, 1.165) is 12.2 Å². The molecule has 12 nitrogen and oxygen atoms in total. The lowest BCUT2D eigenvalue weighted by atomic mass is 9.60. The monoisotopic (exact) mass is 619 g/mol. The van der Waals surface area contributed by atoms with Crippen molar-refractivity contribution < 1.29 is 53.1 Å². The lowest BCUT2D eigenvalue weighted by molar-refractivity contribution is -0.223. The third-order valence-electron chi connectivity index (χ3n) is 9.61. The van der Waals surface area contributed by atoms with Crippen molar-refractivity contribution in [3.05, 3.63) is 74.9 Å². The molecule has 7 atom stereocenters. The number of ketones is 4. The number of aliphatic hydroxyl groups is 1. The average molecular weight is 620 g/mol. The molecule has 1 fully saturated rings. The summed E-state index contributed by atoms with van der Waals surface area (Å²) in [5.74, 6) is -4.65. The summed E-state index contributed by atoms with van der Waals surface area (Å²) in [5, 5.41) is 24.6. The SMILES string of the molecule is CO[C@@H]1[C@@H](O)[C@@H](OC)[C@@H](Nc2c(C(=O)O)c(C)cc3c2C2C(=O)c4cc5c(cc4C(=O)C2(OC)CC3)C(=O)C=CC5=O)O[C@H]1C. The molecule has 0 amide bonds. The molecule has 0 spiro atoms. The van der Waals surface area contributed by atoms with Gasteiger partial charge in [0.15, 0.2) is 29.4 Å². The van der Waals surface area contributed by atoms with Crippen molar-refractivity contribution in [1.29, 1.82) is 0 Å². The highest BCUT2D eigenvalue weighted by atomic mass is 16.6. The molecule has 1 aliphatic heterocycles. The van der Waals surface area contributed by atoms with Gasteiger partial charge in [0.05, 0.1) is 23.3 Å². The first-order chi connectivity index (χ1) is 21.4. The van der Waals surface area contributed by atoms with Crippen LogP contribution in [-0.4, -0.2) is 96.9 Å². The minimum absolute atomic E-state index is 0.00560. The molecule has 0 bridgehead atoms. The van der Waals surface area contributed by atoms with Crippen molar-refractivity contribution >= 4 is 34.8 Å². The Morgan fingerprint density at radius 3 is 2.16 bits per heavy atom. The second-order valence-electron chi connectivity index (χ2n) is 11.8. The maximum absolute atomic E-state index is 14.6. The van der Waals surface area contributed by atoms with Gasteiger partial charge in [-0.25, -0.2) is 4.79 Å². The van der Waals surface area contributed by atoms with Gasteiger partial charge in [0.2, 0.25) is 0 Å². The molecule has 6 rings (SSSR count). The van der Waals surface area contributed by atoms with Crippen molar-refractivity contribution in [2.24, 2.45) is 0 Å². The Hall–Kier alpha value is -4.07. The fourth-order valence-corrected chi connectivity index (χ4v) is 7.46. The highest BCUT2D eigenvalue weighted by Gasteiger charge is 2.58. The number of carbonyl (C=O) groups excluding carboxylic acids is 4. The van der Waals surface area contributed by atoms with Crippen molar-refractivity contribution in [2.75, 3.05) is 26.6 Å². The number of aliphatic hydroxyl groups excluding tert-OH is 1. The highest BCUT2D eigenvalue weighted by molar-refractivity contribution is 6.27. The smallest absolute Gasteiger partial charge is 0.338 e. The second-order valence-corrected chi connectivity index (χ2v) is 11.8. The zero-order valence-electron chi connectivity index (χ0n) is 25.3. The van der Waals surface area contributed by atoms with E-state index in [1.807, 2.05) is 0 Å². The van der Waals surface area contributed by atoms with Gasteiger partial charge in [-0.05, 0) is 67.7 Å². The number of ether oxygens (including phenoxy) is 4. The Bertz CT molecular complexity index is 1710. The quantitative estimate of drug-likeness (QED) is 0.432. The van der Waals surface area contributed by atoms with Crippen LogP contribution < -0.4 is 5.32 Å². The maximum Gasteiger partial charge on any atom is 0.338 e. The van der Waals surface area contributed by atoms with Gasteiger partial charge in [-0.1, -0.05) is 6.07 Å². The van der Waals surface area contributed by atoms with Crippen LogP contribution in [0.15, 0.2) is 30.4 Å². The van der Waals surface area contributed by atoms with E-state index in [1.54, 1.807) is 19.9 Å². The molecule has 1 saturated heterocycles. The lowest BCUT2D eigenvalue weighted by Crippen LogP contribution is -2.60. The zero-order valence-corrected chi connectivity index (χ0v) is 25.3. The Morgan fingerprint density at radius 2 is 1.58 bits per heavy atom. The van der Waals surface area contributed by atoms with E-state index in [2.05, 4.69) is 5.32 Å². The van der Waals surface area contributed by atoms with Crippen LogP contribution in [0, 0.1) is 6.92 Å². The first-order valence-electron chi connectivity index (χ1n) is 14.5. The molecule has 0 saturated carbocycles. The fraction of sp³-hybridized carbons (Fsp3) is 0.424. The number of benzene rings is 2. The number of Topliss-reactive ketones (excluding diaryl/α,β-unsaturated/α-hetero) is 2. The first-order valence-corrected chi connectivity index (χ1v) is 14.5. The number of allylic oxidation sites excluding steroid dienone is 2. The summed E-state index contributed by atoms with van der Waals surface area (Å²) < 4.78 is 23.0. The molecule has 1 heterocycles. The number of carboxylic acid groups (broad SMARTS) is 1. The van der Waals surface area contributed by atoms with Gasteiger partial charge in [-0.15, -0.1) is 0 Å². The molecule has 45 heavy (non-hydrogen) atoms. The number of hydrogen-bond donors (Lipinski definition) is 3. The number of aryl methyl sites for hydroxylation is 2. The van der Waals surface area contributed by atoms with Crippen LogP contribution in [0.4, 0.5) is 5.69 Å². The number of anilines is 1. The number of rotatable bonds is 6. The minimum Gasteiger partial charge on any atom is -0.478 e. The van der Waals surface area contributed by atoms with Gasteiger partial charge in [0.1, 0.15) is 23.9 Å². The predicted molar refractivity (Wildman–Crippen MR) is 157 cm³/mol. The first kappa shape index (κ1) is 30.9. The molecule has 2 unspecified atom stereocenters. The van der Waals surface area contributed by atoms with E-state index in [9.17, 15) is 34.2 Å². The topological polar surface area (TPSA) is 175 Å². The van der Waals surface area contributed by atoms with Crippen molar-refractivity contribution in [3.8, 4) is 0 Å². The van der Waals surface area contributed by atoms with Crippen LogP contribution in [0.25, 0.3) is 0 Å². The largest absolute Gasteiger partial charge is 0.478 e. The van der Waals surface area contributed by atoms with Crippen molar-refractivity contribution in [1.82, 2.24) is 0 Å². The average Bonchev–Trinajstić information content (AvgIpc) is 3.00. The summed E-state index contributed by atoms with van der Waals surface area (Å²) in [4.78, 5) is 67.1. The number of hydrogen-bond acceptors (Lipinski definition) is 11. The van der Waals surface area contributed by atoms with E-state index in [4.69, 9.17) is 18.9 Å². The number of methoxy groups -OCH3 is 3. The number of nitrogens with one attached hydrogen (secondary N) is 1. The normalized spacial score (nSPS) is 30.4. The van der Waals surface area contributed by atoms with Gasteiger partial charge in [0, 0.05) is 43.6 Å².